The molecule has 13 nitrogen and oxygen atoms in total. The standard InChI is InChI=1S/C47H64N8O5Si/c1-10-11-22-47(5,6)60-45(57)54-24-13-15-39(54)43-50-30-40(55(43)31-58-25-26-61(7,8)9)35-28-48-41(49-29-35)33-18-16-32(17-19-33)34-20-21-36-37(27-34)52-42(51-36)38-14-12-23-53(38)44(56)59-46(2,3)4/h16-21,27-30,38-39H,10-15,22-26,31H2,1-9H3,(H,51,52). The van der Waals surface area contributed by atoms with Gasteiger partial charge in [-0.3, -0.25) is 9.80 Å². The van der Waals surface area contributed by atoms with E-state index in [2.05, 4.69) is 60.4 Å². The first-order valence-corrected chi connectivity index (χ1v) is 25.7. The molecule has 3 aromatic heterocycles. The quantitative estimate of drug-likeness (QED) is 0.0854. The second kappa shape index (κ2) is 18.1. The van der Waals surface area contributed by atoms with Gasteiger partial charge in [-0.25, -0.2) is 29.5 Å². The highest BCUT2D eigenvalue weighted by Crippen LogP contribution is 2.37. The van der Waals surface area contributed by atoms with Gasteiger partial charge >= 0.3 is 12.2 Å². The molecule has 61 heavy (non-hydrogen) atoms. The minimum atomic E-state index is -1.30. The molecule has 0 saturated carbocycles. The Morgan fingerprint density at radius 1 is 0.803 bits per heavy atom. The van der Waals surface area contributed by atoms with Crippen LogP contribution in [0.2, 0.25) is 25.7 Å². The van der Waals surface area contributed by atoms with E-state index < -0.39 is 19.3 Å². The molecule has 5 aromatic rings. The Balaban J connectivity index is 1.07. The molecular weight excluding hydrogens is 785 g/mol. The maximum Gasteiger partial charge on any atom is 0.410 e. The Bertz CT molecular complexity index is 2290. The third-order valence-corrected chi connectivity index (χ3v) is 13.2. The lowest BCUT2D eigenvalue weighted by atomic mass is 10.0. The Morgan fingerprint density at radius 3 is 2.11 bits per heavy atom. The van der Waals surface area contributed by atoms with Crippen LogP contribution in [-0.4, -0.2) is 90.4 Å². The lowest BCUT2D eigenvalue weighted by Gasteiger charge is -2.31. The van der Waals surface area contributed by atoms with Gasteiger partial charge in [0.2, 0.25) is 0 Å². The zero-order chi connectivity index (χ0) is 43.5. The number of hydrogen-bond donors (Lipinski definition) is 1. The van der Waals surface area contributed by atoms with Crippen molar-refractivity contribution in [3.05, 3.63) is 72.7 Å². The summed E-state index contributed by atoms with van der Waals surface area (Å²) in [4.78, 5) is 53.1. The molecular formula is C47H64N8O5Si. The molecule has 0 spiro atoms. The summed E-state index contributed by atoms with van der Waals surface area (Å²) in [6.45, 7) is 21.1. The second-order valence-electron chi connectivity index (χ2n) is 19.4. The highest BCUT2D eigenvalue weighted by atomic mass is 28.3. The van der Waals surface area contributed by atoms with Crippen molar-refractivity contribution in [3.63, 3.8) is 0 Å². The van der Waals surface area contributed by atoms with E-state index in [0.29, 0.717) is 32.3 Å². The van der Waals surface area contributed by atoms with Crippen molar-refractivity contribution in [2.45, 2.75) is 142 Å². The monoisotopic (exact) mass is 848 g/mol. The fourth-order valence-electron chi connectivity index (χ4n) is 8.14. The summed E-state index contributed by atoms with van der Waals surface area (Å²) in [6.07, 6.45) is 11.2. The topological polar surface area (TPSA) is 141 Å². The number of H-pyrrole nitrogens is 1. The molecule has 0 aliphatic carbocycles. The van der Waals surface area contributed by atoms with Gasteiger partial charge in [0.15, 0.2) is 5.82 Å². The van der Waals surface area contributed by atoms with Gasteiger partial charge in [0.05, 0.1) is 35.0 Å². The molecule has 2 aliphatic rings. The van der Waals surface area contributed by atoms with E-state index in [1.165, 1.54) is 0 Å². The highest BCUT2D eigenvalue weighted by molar-refractivity contribution is 6.76. The van der Waals surface area contributed by atoms with Crippen LogP contribution < -0.4 is 0 Å². The van der Waals surface area contributed by atoms with Crippen LogP contribution in [0.1, 0.15) is 110 Å². The van der Waals surface area contributed by atoms with Crippen molar-refractivity contribution in [3.8, 4) is 33.8 Å². The van der Waals surface area contributed by atoms with Crippen LogP contribution in [0.15, 0.2) is 61.1 Å². The minimum absolute atomic E-state index is 0.145. The Morgan fingerprint density at radius 2 is 1.44 bits per heavy atom. The highest BCUT2D eigenvalue weighted by Gasteiger charge is 2.38. The molecule has 5 heterocycles. The van der Waals surface area contributed by atoms with Crippen LogP contribution in [0, 0.1) is 0 Å². The largest absolute Gasteiger partial charge is 0.444 e. The lowest BCUT2D eigenvalue weighted by Crippen LogP contribution is -2.38. The normalized spacial score (nSPS) is 17.4. The van der Waals surface area contributed by atoms with Gasteiger partial charge in [0.1, 0.15) is 29.6 Å². The number of carbonyl (C=O) groups is 2. The summed E-state index contributed by atoms with van der Waals surface area (Å²) < 4.78 is 20.1. The number of aromatic amines is 1. The minimum Gasteiger partial charge on any atom is -0.444 e. The first kappa shape index (κ1) is 44.0. The molecule has 2 unspecified atom stereocenters. The molecule has 7 rings (SSSR count). The number of benzene rings is 2. The summed E-state index contributed by atoms with van der Waals surface area (Å²) >= 11 is 0. The molecule has 326 valence electrons. The fourth-order valence-corrected chi connectivity index (χ4v) is 8.89. The lowest BCUT2D eigenvalue weighted by molar-refractivity contribution is 0.00360. The van der Waals surface area contributed by atoms with Crippen LogP contribution >= 0.6 is 0 Å². The average molecular weight is 849 g/mol. The van der Waals surface area contributed by atoms with Crippen LogP contribution in [0.5, 0.6) is 0 Å². The number of aromatic nitrogens is 6. The van der Waals surface area contributed by atoms with E-state index in [1.807, 2.05) is 76.3 Å². The van der Waals surface area contributed by atoms with E-state index in [1.54, 1.807) is 4.90 Å². The van der Waals surface area contributed by atoms with Crippen LogP contribution in [-0.2, 0) is 20.9 Å². The molecule has 2 fully saturated rings. The number of fused-ring (bicyclic) bond motifs is 1. The fraction of sp³-hybridized carbons (Fsp3) is 0.532. The number of likely N-dealkylation sites (tertiary alicyclic amines) is 2. The van der Waals surface area contributed by atoms with Gasteiger partial charge in [-0.05, 0) is 102 Å². The van der Waals surface area contributed by atoms with Gasteiger partial charge in [-0.2, -0.15) is 0 Å². The van der Waals surface area contributed by atoms with E-state index in [0.717, 1.165) is 102 Å². The average Bonchev–Trinajstić information content (AvgIpc) is 4.03. The van der Waals surface area contributed by atoms with Crippen molar-refractivity contribution < 1.29 is 23.8 Å². The number of ether oxygens (including phenoxy) is 3. The Hall–Kier alpha value is -5.08. The first-order valence-electron chi connectivity index (χ1n) is 22.0. The predicted molar refractivity (Wildman–Crippen MR) is 242 cm³/mol. The number of carbonyl (C=O) groups excluding carboxylic acids is 2. The van der Waals surface area contributed by atoms with E-state index in [9.17, 15) is 9.59 Å². The zero-order valence-corrected chi connectivity index (χ0v) is 38.6. The molecule has 2 aromatic carbocycles. The van der Waals surface area contributed by atoms with Crippen LogP contribution in [0.3, 0.4) is 0 Å². The van der Waals surface area contributed by atoms with Crippen molar-refractivity contribution >= 4 is 31.3 Å². The van der Waals surface area contributed by atoms with Gasteiger partial charge in [-0.15, -0.1) is 0 Å². The number of unbranched alkanes of at least 4 members (excludes halogenated alkanes) is 1. The Kier molecular flexibility index (Phi) is 13.1. The summed E-state index contributed by atoms with van der Waals surface area (Å²) in [5, 5.41) is 0. The second-order valence-corrected chi connectivity index (χ2v) is 25.0. The molecule has 2 saturated heterocycles. The van der Waals surface area contributed by atoms with Crippen molar-refractivity contribution in [1.29, 1.82) is 0 Å². The van der Waals surface area contributed by atoms with Gasteiger partial charge in [0, 0.05) is 51.3 Å². The number of hydrogen-bond acceptors (Lipinski definition) is 9. The molecule has 2 aliphatic heterocycles. The number of nitrogens with zero attached hydrogens (tertiary/aromatic N) is 7. The number of nitrogens with one attached hydrogen (secondary N) is 1. The molecule has 0 radical (unpaired) electrons. The van der Waals surface area contributed by atoms with Crippen LogP contribution in [0.4, 0.5) is 9.59 Å². The molecule has 14 heteroatoms. The maximum absolute atomic E-state index is 13.6. The van der Waals surface area contributed by atoms with E-state index in [-0.39, 0.29) is 24.3 Å². The summed E-state index contributed by atoms with van der Waals surface area (Å²) in [7, 11) is -1.30. The SMILES string of the molecule is CCCCC(C)(C)OC(=O)N1CCCC1c1ncc(-c2cnc(-c3ccc(-c4ccc5nc(C6CCCN6C(=O)OC(C)(C)C)[nH]c5c4)cc3)nc2)n1COCC[Si](C)(C)C. The van der Waals surface area contributed by atoms with Gasteiger partial charge in [0.25, 0.3) is 0 Å². The van der Waals surface area contributed by atoms with Gasteiger partial charge in [-0.1, -0.05) is 63.3 Å². The van der Waals surface area contributed by atoms with Crippen molar-refractivity contribution in [2.24, 2.45) is 0 Å². The van der Waals surface area contributed by atoms with Crippen molar-refractivity contribution in [1.82, 2.24) is 39.3 Å². The molecule has 0 bridgehead atoms. The first-order chi connectivity index (χ1) is 29.0. The van der Waals surface area contributed by atoms with Crippen LogP contribution in [0.25, 0.3) is 44.8 Å². The zero-order valence-electron chi connectivity index (χ0n) is 37.6. The smallest absolute Gasteiger partial charge is 0.410 e. The van der Waals surface area contributed by atoms with E-state index >= 15 is 0 Å². The summed E-state index contributed by atoms with van der Waals surface area (Å²) in [5.41, 5.74) is 5.34. The number of imidazole rings is 2. The molecule has 1 N–H and O–H groups in total. The number of rotatable bonds is 14. The summed E-state index contributed by atoms with van der Waals surface area (Å²) in [6, 6.07) is 15.1. The molecule has 2 amide bonds. The van der Waals surface area contributed by atoms with E-state index in [4.69, 9.17) is 34.1 Å². The third kappa shape index (κ3) is 10.7. The molecule has 2 atom stereocenters. The van der Waals surface area contributed by atoms with Crippen molar-refractivity contribution in [2.75, 3.05) is 19.7 Å². The Labute approximate surface area is 361 Å². The maximum atomic E-state index is 13.6. The predicted octanol–water partition coefficient (Wildman–Crippen LogP) is 11.2. The van der Waals surface area contributed by atoms with Gasteiger partial charge < -0.3 is 23.8 Å². The number of amides is 2. The summed E-state index contributed by atoms with van der Waals surface area (Å²) in [5.74, 6) is 2.18. The third-order valence-electron chi connectivity index (χ3n) is 11.5.